The predicted molar refractivity (Wildman–Crippen MR) is 79.7 cm³/mol. The van der Waals surface area contributed by atoms with Crippen LogP contribution in [0.15, 0.2) is 22.8 Å². The molecule has 0 unspecified atom stereocenters. The van der Waals surface area contributed by atoms with Crippen LogP contribution in [-0.4, -0.2) is 12.0 Å². The van der Waals surface area contributed by atoms with Crippen molar-refractivity contribution in [3.63, 3.8) is 0 Å². The van der Waals surface area contributed by atoms with Crippen LogP contribution in [0.4, 0.5) is 6.01 Å². The van der Waals surface area contributed by atoms with Crippen molar-refractivity contribution >= 4 is 6.01 Å². The molecule has 2 aromatic rings. The molecule has 0 spiro atoms. The van der Waals surface area contributed by atoms with Crippen molar-refractivity contribution in [1.29, 1.82) is 0 Å². The zero-order valence-electron chi connectivity index (χ0n) is 12.6. The Bertz CT molecular complexity index is 568. The molecule has 102 valence electrons. The minimum Gasteiger partial charge on any atom is -0.432 e. The summed E-state index contributed by atoms with van der Waals surface area (Å²) in [6.45, 7) is 11.0. The van der Waals surface area contributed by atoms with Crippen LogP contribution in [0.2, 0.25) is 0 Å². The molecular weight excluding hydrogens is 236 g/mol. The summed E-state index contributed by atoms with van der Waals surface area (Å²) in [5.41, 5.74) is 6.04. The highest BCUT2D eigenvalue weighted by atomic mass is 16.4. The average Bonchev–Trinajstić information content (AvgIpc) is 2.75. The van der Waals surface area contributed by atoms with Gasteiger partial charge in [0.2, 0.25) is 0 Å². The highest BCUT2D eigenvalue weighted by molar-refractivity contribution is 5.68. The summed E-state index contributed by atoms with van der Waals surface area (Å²) < 4.78 is 5.35. The van der Waals surface area contributed by atoms with Gasteiger partial charge in [0.05, 0.1) is 0 Å². The predicted octanol–water partition coefficient (Wildman–Crippen LogP) is 4.30. The number of nitrogens with zero attached hydrogens (tertiary/aromatic N) is 1. The summed E-state index contributed by atoms with van der Waals surface area (Å²) in [6, 6.07) is 5.04. The molecule has 0 saturated carbocycles. The summed E-state index contributed by atoms with van der Waals surface area (Å²) >= 11 is 0. The fourth-order valence-corrected chi connectivity index (χ4v) is 2.30. The number of nitrogens with one attached hydrogen (secondary N) is 1. The third-order valence-electron chi connectivity index (χ3n) is 3.37. The molecule has 1 heterocycles. The van der Waals surface area contributed by atoms with E-state index in [2.05, 4.69) is 57.1 Å². The summed E-state index contributed by atoms with van der Waals surface area (Å²) in [4.78, 5) is 4.43. The van der Waals surface area contributed by atoms with Gasteiger partial charge < -0.3 is 9.73 Å². The number of aromatic nitrogens is 1. The van der Waals surface area contributed by atoms with Crippen LogP contribution >= 0.6 is 0 Å². The van der Waals surface area contributed by atoms with E-state index in [1.54, 1.807) is 13.3 Å². The quantitative estimate of drug-likeness (QED) is 0.872. The fourth-order valence-electron chi connectivity index (χ4n) is 2.30. The second-order valence-corrected chi connectivity index (χ2v) is 6.02. The van der Waals surface area contributed by atoms with Crippen LogP contribution in [0, 0.1) is 13.8 Å². The van der Waals surface area contributed by atoms with Crippen LogP contribution in [-0.2, 0) is 5.41 Å². The monoisotopic (exact) mass is 258 g/mol. The highest BCUT2D eigenvalue weighted by Gasteiger charge is 2.18. The smallest absolute Gasteiger partial charge is 0.294 e. The SMILES string of the molecule is CNc1nc(-c2c(C)cc(C(C)(C)C)cc2C)co1. The zero-order chi connectivity index (χ0) is 14.2. The van der Waals surface area contributed by atoms with E-state index in [-0.39, 0.29) is 5.41 Å². The molecule has 1 aromatic carbocycles. The van der Waals surface area contributed by atoms with E-state index in [1.807, 2.05) is 0 Å². The molecule has 2 rings (SSSR count). The fraction of sp³-hybridized carbons (Fsp3) is 0.438. The number of rotatable bonds is 2. The van der Waals surface area contributed by atoms with E-state index in [4.69, 9.17) is 4.42 Å². The molecule has 3 heteroatoms. The average molecular weight is 258 g/mol. The van der Waals surface area contributed by atoms with Crippen molar-refractivity contribution in [1.82, 2.24) is 4.98 Å². The van der Waals surface area contributed by atoms with Crippen molar-refractivity contribution in [3.8, 4) is 11.3 Å². The number of benzene rings is 1. The van der Waals surface area contributed by atoms with Gasteiger partial charge in [0.25, 0.3) is 6.01 Å². The van der Waals surface area contributed by atoms with Crippen LogP contribution in [0.1, 0.15) is 37.5 Å². The Morgan fingerprint density at radius 2 is 1.68 bits per heavy atom. The minimum atomic E-state index is 0.161. The number of oxazole rings is 1. The van der Waals surface area contributed by atoms with E-state index in [0.29, 0.717) is 6.01 Å². The summed E-state index contributed by atoms with van der Waals surface area (Å²) in [5, 5.41) is 2.91. The standard InChI is InChI=1S/C16H22N2O/c1-10-7-12(16(3,4)5)8-11(2)14(10)13-9-19-15(17-6)18-13/h7-9H,1-6H3,(H,17,18). The second-order valence-electron chi connectivity index (χ2n) is 6.02. The zero-order valence-corrected chi connectivity index (χ0v) is 12.6. The molecule has 0 radical (unpaired) electrons. The third-order valence-corrected chi connectivity index (χ3v) is 3.37. The van der Waals surface area contributed by atoms with Gasteiger partial charge in [0, 0.05) is 12.6 Å². The normalized spacial score (nSPS) is 11.7. The topological polar surface area (TPSA) is 38.1 Å². The van der Waals surface area contributed by atoms with E-state index < -0.39 is 0 Å². The van der Waals surface area contributed by atoms with Gasteiger partial charge >= 0.3 is 0 Å². The largest absolute Gasteiger partial charge is 0.432 e. The van der Waals surface area contributed by atoms with Crippen molar-refractivity contribution in [2.45, 2.75) is 40.0 Å². The number of hydrogen-bond donors (Lipinski definition) is 1. The second kappa shape index (κ2) is 4.72. The van der Waals surface area contributed by atoms with Crippen molar-refractivity contribution in [2.75, 3.05) is 12.4 Å². The molecule has 1 N–H and O–H groups in total. The maximum absolute atomic E-state index is 5.35. The highest BCUT2D eigenvalue weighted by Crippen LogP contribution is 2.32. The van der Waals surface area contributed by atoms with Crippen LogP contribution < -0.4 is 5.32 Å². The first-order valence-corrected chi connectivity index (χ1v) is 6.58. The van der Waals surface area contributed by atoms with E-state index in [0.717, 1.165) is 5.69 Å². The van der Waals surface area contributed by atoms with E-state index >= 15 is 0 Å². The third kappa shape index (κ3) is 2.65. The Balaban J connectivity index is 2.53. The molecule has 19 heavy (non-hydrogen) atoms. The molecule has 0 aliphatic carbocycles. The van der Waals surface area contributed by atoms with E-state index in [1.165, 1.54) is 22.3 Å². The first-order valence-electron chi connectivity index (χ1n) is 6.58. The molecule has 0 bridgehead atoms. The Labute approximate surface area is 115 Å². The van der Waals surface area contributed by atoms with Gasteiger partial charge in [0.15, 0.2) is 0 Å². The number of hydrogen-bond acceptors (Lipinski definition) is 3. The summed E-state index contributed by atoms with van der Waals surface area (Å²) in [5.74, 6) is 0. The molecule has 0 aliphatic rings. The summed E-state index contributed by atoms with van der Waals surface area (Å²) in [6.07, 6.45) is 1.71. The van der Waals surface area contributed by atoms with Gasteiger partial charge in [-0.05, 0) is 36.0 Å². The minimum absolute atomic E-state index is 0.161. The molecular formula is C16H22N2O. The van der Waals surface area contributed by atoms with Gasteiger partial charge in [-0.2, -0.15) is 4.98 Å². The van der Waals surface area contributed by atoms with Crippen LogP contribution in [0.5, 0.6) is 0 Å². The first kappa shape index (κ1) is 13.7. The van der Waals surface area contributed by atoms with Gasteiger partial charge in [-0.3, -0.25) is 0 Å². The molecule has 0 atom stereocenters. The van der Waals surface area contributed by atoms with Gasteiger partial charge in [-0.15, -0.1) is 0 Å². The lowest BCUT2D eigenvalue weighted by atomic mass is 9.83. The molecule has 0 fully saturated rings. The summed E-state index contributed by atoms with van der Waals surface area (Å²) in [7, 11) is 1.80. The Morgan fingerprint density at radius 3 is 2.11 bits per heavy atom. The van der Waals surface area contributed by atoms with Crippen LogP contribution in [0.25, 0.3) is 11.3 Å². The Morgan fingerprint density at radius 1 is 1.11 bits per heavy atom. The van der Waals surface area contributed by atoms with Gasteiger partial charge in [0.1, 0.15) is 12.0 Å². The van der Waals surface area contributed by atoms with E-state index in [9.17, 15) is 0 Å². The molecule has 0 amide bonds. The Kier molecular flexibility index (Phi) is 3.40. The van der Waals surface area contributed by atoms with Crippen molar-refractivity contribution < 1.29 is 4.42 Å². The van der Waals surface area contributed by atoms with Crippen LogP contribution in [0.3, 0.4) is 0 Å². The number of aryl methyl sites for hydroxylation is 2. The lowest BCUT2D eigenvalue weighted by Gasteiger charge is -2.21. The van der Waals surface area contributed by atoms with Crippen molar-refractivity contribution in [2.24, 2.45) is 0 Å². The Hall–Kier alpha value is -1.77. The molecule has 3 nitrogen and oxygen atoms in total. The van der Waals surface area contributed by atoms with Gasteiger partial charge in [-0.1, -0.05) is 32.9 Å². The maximum Gasteiger partial charge on any atom is 0.294 e. The number of anilines is 1. The molecule has 0 aliphatic heterocycles. The molecule has 1 aromatic heterocycles. The first-order chi connectivity index (χ1) is 8.82. The maximum atomic E-state index is 5.35. The van der Waals surface area contributed by atoms with Gasteiger partial charge in [-0.25, -0.2) is 0 Å². The van der Waals surface area contributed by atoms with Crippen molar-refractivity contribution in [3.05, 3.63) is 35.1 Å². The lowest BCUT2D eigenvalue weighted by Crippen LogP contribution is -2.12. The lowest BCUT2D eigenvalue weighted by molar-refractivity contribution is 0.576. The molecule has 0 saturated heterocycles.